The normalized spacial score (nSPS) is 16.9. The Morgan fingerprint density at radius 2 is 2.00 bits per heavy atom. The highest BCUT2D eigenvalue weighted by Crippen LogP contribution is 2.18. The van der Waals surface area contributed by atoms with Crippen molar-refractivity contribution in [2.24, 2.45) is 0 Å². The summed E-state index contributed by atoms with van der Waals surface area (Å²) in [6, 6.07) is 7.81. The van der Waals surface area contributed by atoms with Crippen molar-refractivity contribution in [3.05, 3.63) is 35.4 Å². The van der Waals surface area contributed by atoms with Crippen molar-refractivity contribution in [2.45, 2.75) is 45.8 Å². The van der Waals surface area contributed by atoms with Crippen LogP contribution in [0.25, 0.3) is 0 Å². The third kappa shape index (κ3) is 3.80. The second-order valence-corrected chi connectivity index (χ2v) is 5.55. The average molecular weight is 261 g/mol. The third-order valence-corrected chi connectivity index (χ3v) is 3.46. The van der Waals surface area contributed by atoms with Crippen LogP contribution in [0.3, 0.4) is 0 Å². The lowest BCUT2D eigenvalue weighted by Gasteiger charge is -2.33. The van der Waals surface area contributed by atoms with Gasteiger partial charge in [0.15, 0.2) is 0 Å². The largest absolute Gasteiger partial charge is 0.375 e. The van der Waals surface area contributed by atoms with Crippen molar-refractivity contribution in [3.8, 4) is 0 Å². The van der Waals surface area contributed by atoms with Gasteiger partial charge in [-0.15, -0.1) is 0 Å². The van der Waals surface area contributed by atoms with E-state index in [4.69, 9.17) is 4.74 Å². The molecular formula is C16H23NO2. The quantitative estimate of drug-likeness (QED) is 0.837. The Bertz CT molecular complexity index is 434. The van der Waals surface area contributed by atoms with Crippen LogP contribution >= 0.6 is 0 Å². The van der Waals surface area contributed by atoms with Crippen molar-refractivity contribution < 1.29 is 9.53 Å². The lowest BCUT2D eigenvalue weighted by Crippen LogP contribution is -2.41. The Labute approximate surface area is 115 Å². The van der Waals surface area contributed by atoms with Gasteiger partial charge in [0.1, 0.15) is 0 Å². The standard InChI is InChI=1S/C16H23NO2/c1-12(2)19-15-7-9-17(10-8-15)16(18)14-6-4-5-13(3)11-14/h4-6,11-12,15H,7-10H2,1-3H3. The molecule has 3 heteroatoms. The fourth-order valence-corrected chi connectivity index (χ4v) is 2.54. The van der Waals surface area contributed by atoms with E-state index in [0.717, 1.165) is 37.1 Å². The zero-order valence-corrected chi connectivity index (χ0v) is 12.1. The molecule has 1 aromatic rings. The smallest absolute Gasteiger partial charge is 0.253 e. The second kappa shape index (κ2) is 6.20. The fourth-order valence-electron chi connectivity index (χ4n) is 2.54. The molecule has 1 saturated heterocycles. The summed E-state index contributed by atoms with van der Waals surface area (Å²) in [5.41, 5.74) is 1.92. The minimum atomic E-state index is 0.145. The van der Waals surface area contributed by atoms with Crippen LogP contribution in [-0.2, 0) is 4.74 Å². The van der Waals surface area contributed by atoms with Gasteiger partial charge in [-0.3, -0.25) is 4.79 Å². The number of aryl methyl sites for hydroxylation is 1. The molecule has 0 unspecified atom stereocenters. The zero-order valence-electron chi connectivity index (χ0n) is 12.1. The number of carbonyl (C=O) groups excluding carboxylic acids is 1. The molecule has 0 bridgehead atoms. The summed E-state index contributed by atoms with van der Waals surface area (Å²) >= 11 is 0. The van der Waals surface area contributed by atoms with E-state index in [-0.39, 0.29) is 12.0 Å². The van der Waals surface area contributed by atoms with Gasteiger partial charge in [0.25, 0.3) is 5.91 Å². The molecule has 0 N–H and O–H groups in total. The van der Waals surface area contributed by atoms with Crippen LogP contribution in [0.5, 0.6) is 0 Å². The van der Waals surface area contributed by atoms with E-state index in [1.54, 1.807) is 0 Å². The van der Waals surface area contributed by atoms with Gasteiger partial charge in [-0.2, -0.15) is 0 Å². The van der Waals surface area contributed by atoms with Gasteiger partial charge in [0.2, 0.25) is 0 Å². The van der Waals surface area contributed by atoms with Crippen molar-refractivity contribution in [3.63, 3.8) is 0 Å². The number of likely N-dealkylation sites (tertiary alicyclic amines) is 1. The maximum atomic E-state index is 12.4. The number of ether oxygens (including phenoxy) is 1. The van der Waals surface area contributed by atoms with E-state index in [2.05, 4.69) is 13.8 Å². The Balaban J connectivity index is 1.92. The van der Waals surface area contributed by atoms with E-state index < -0.39 is 0 Å². The Hall–Kier alpha value is -1.35. The molecule has 0 saturated carbocycles. The van der Waals surface area contributed by atoms with Crippen LogP contribution in [0, 0.1) is 6.92 Å². The molecule has 1 amide bonds. The summed E-state index contributed by atoms with van der Waals surface area (Å²) < 4.78 is 5.81. The third-order valence-electron chi connectivity index (χ3n) is 3.46. The van der Waals surface area contributed by atoms with Crippen LogP contribution in [0.15, 0.2) is 24.3 Å². The average Bonchev–Trinajstić information content (AvgIpc) is 2.38. The molecule has 0 spiro atoms. The van der Waals surface area contributed by atoms with Gasteiger partial charge in [0.05, 0.1) is 12.2 Å². The summed E-state index contributed by atoms with van der Waals surface area (Å²) in [4.78, 5) is 14.3. The zero-order chi connectivity index (χ0) is 13.8. The summed E-state index contributed by atoms with van der Waals surface area (Å²) in [5, 5.41) is 0. The molecule has 104 valence electrons. The van der Waals surface area contributed by atoms with Crippen LogP contribution in [0.1, 0.15) is 42.6 Å². The van der Waals surface area contributed by atoms with E-state index in [0.29, 0.717) is 6.10 Å². The molecule has 1 aliphatic heterocycles. The Kier molecular flexibility index (Phi) is 4.59. The fraction of sp³-hybridized carbons (Fsp3) is 0.562. The number of rotatable bonds is 3. The van der Waals surface area contributed by atoms with Gasteiger partial charge in [-0.05, 0) is 45.7 Å². The first-order valence-corrected chi connectivity index (χ1v) is 7.07. The Morgan fingerprint density at radius 1 is 1.32 bits per heavy atom. The van der Waals surface area contributed by atoms with Crippen LogP contribution in [0.4, 0.5) is 0 Å². The number of nitrogens with zero attached hydrogens (tertiary/aromatic N) is 1. The Morgan fingerprint density at radius 3 is 2.58 bits per heavy atom. The van der Waals surface area contributed by atoms with E-state index in [9.17, 15) is 4.79 Å². The molecule has 0 aliphatic carbocycles. The monoisotopic (exact) mass is 261 g/mol. The summed E-state index contributed by atoms with van der Waals surface area (Å²) in [5.74, 6) is 0.145. The number of benzene rings is 1. The van der Waals surface area contributed by atoms with Gasteiger partial charge < -0.3 is 9.64 Å². The predicted molar refractivity (Wildman–Crippen MR) is 76.3 cm³/mol. The summed E-state index contributed by atoms with van der Waals surface area (Å²) in [6.45, 7) is 7.72. The van der Waals surface area contributed by atoms with E-state index >= 15 is 0 Å². The molecule has 2 rings (SSSR count). The van der Waals surface area contributed by atoms with Crippen molar-refractivity contribution in [1.29, 1.82) is 0 Å². The first-order valence-electron chi connectivity index (χ1n) is 7.07. The minimum absolute atomic E-state index is 0.145. The van der Waals surface area contributed by atoms with Crippen LogP contribution in [-0.4, -0.2) is 36.1 Å². The highest BCUT2D eigenvalue weighted by Gasteiger charge is 2.24. The molecule has 0 radical (unpaired) electrons. The minimum Gasteiger partial charge on any atom is -0.375 e. The molecular weight excluding hydrogens is 238 g/mol. The van der Waals surface area contributed by atoms with Crippen molar-refractivity contribution >= 4 is 5.91 Å². The van der Waals surface area contributed by atoms with Gasteiger partial charge in [-0.25, -0.2) is 0 Å². The second-order valence-electron chi connectivity index (χ2n) is 5.55. The van der Waals surface area contributed by atoms with Gasteiger partial charge in [0, 0.05) is 18.7 Å². The molecule has 1 aliphatic rings. The molecule has 0 aromatic heterocycles. The molecule has 1 heterocycles. The van der Waals surface area contributed by atoms with Crippen molar-refractivity contribution in [2.75, 3.05) is 13.1 Å². The SMILES string of the molecule is Cc1cccc(C(=O)N2CCC(OC(C)C)CC2)c1. The number of amides is 1. The van der Waals surface area contributed by atoms with Crippen molar-refractivity contribution in [1.82, 2.24) is 4.90 Å². The molecule has 0 atom stereocenters. The highest BCUT2D eigenvalue weighted by atomic mass is 16.5. The first kappa shape index (κ1) is 14.1. The first-order chi connectivity index (χ1) is 9.06. The predicted octanol–water partition coefficient (Wildman–Crippen LogP) is 3.02. The lowest BCUT2D eigenvalue weighted by molar-refractivity contribution is -0.0236. The maximum Gasteiger partial charge on any atom is 0.253 e. The van der Waals surface area contributed by atoms with Gasteiger partial charge in [-0.1, -0.05) is 17.7 Å². The topological polar surface area (TPSA) is 29.5 Å². The number of hydrogen-bond acceptors (Lipinski definition) is 2. The van der Waals surface area contributed by atoms with Gasteiger partial charge >= 0.3 is 0 Å². The number of carbonyl (C=O) groups is 1. The number of hydrogen-bond donors (Lipinski definition) is 0. The maximum absolute atomic E-state index is 12.4. The van der Waals surface area contributed by atoms with Crippen LogP contribution in [0.2, 0.25) is 0 Å². The highest BCUT2D eigenvalue weighted by molar-refractivity contribution is 5.94. The van der Waals surface area contributed by atoms with E-state index in [1.807, 2.05) is 36.1 Å². The summed E-state index contributed by atoms with van der Waals surface area (Å²) in [6.07, 6.45) is 2.46. The molecule has 3 nitrogen and oxygen atoms in total. The molecule has 19 heavy (non-hydrogen) atoms. The summed E-state index contributed by atoms with van der Waals surface area (Å²) in [7, 11) is 0. The molecule has 1 fully saturated rings. The number of piperidine rings is 1. The van der Waals surface area contributed by atoms with E-state index in [1.165, 1.54) is 0 Å². The molecule has 1 aromatic carbocycles. The lowest BCUT2D eigenvalue weighted by atomic mass is 10.1. The van der Waals surface area contributed by atoms with Crippen LogP contribution < -0.4 is 0 Å².